The number of hydrogen-bond donors (Lipinski definition) is 1. The van der Waals surface area contributed by atoms with E-state index >= 15 is 0 Å². The average Bonchev–Trinajstić information content (AvgIpc) is 3.18. The highest BCUT2D eigenvalue weighted by atomic mass is 16.3. The zero-order valence-corrected chi connectivity index (χ0v) is 13.3. The van der Waals surface area contributed by atoms with E-state index in [1.54, 1.807) is 24.5 Å². The van der Waals surface area contributed by atoms with Crippen molar-refractivity contribution >= 4 is 5.91 Å². The van der Waals surface area contributed by atoms with E-state index in [0.29, 0.717) is 17.7 Å². The van der Waals surface area contributed by atoms with Gasteiger partial charge in [0.05, 0.1) is 6.26 Å². The van der Waals surface area contributed by atoms with E-state index in [9.17, 15) is 4.79 Å². The van der Waals surface area contributed by atoms with Crippen LogP contribution in [0.4, 0.5) is 0 Å². The van der Waals surface area contributed by atoms with Gasteiger partial charge in [-0.1, -0.05) is 54.6 Å². The van der Waals surface area contributed by atoms with Gasteiger partial charge in [-0.3, -0.25) is 4.79 Å². The summed E-state index contributed by atoms with van der Waals surface area (Å²) >= 11 is 0. The number of rotatable bonds is 6. The number of furan rings is 1. The standard InChI is InChI=1S/C21H19NO2/c1-2-15-21(19-14-9-16-24-19,18-12-7-4-8-13-18)22-20(23)17-10-5-3-6-11-17/h2-14,16H,1,15H2,(H,22,23). The molecule has 120 valence electrons. The first kappa shape index (κ1) is 15.8. The van der Waals surface area contributed by atoms with Gasteiger partial charge in [0, 0.05) is 5.56 Å². The molecule has 0 aliphatic rings. The summed E-state index contributed by atoms with van der Waals surface area (Å²) in [5, 5.41) is 3.16. The molecule has 0 fully saturated rings. The second-order valence-corrected chi connectivity index (χ2v) is 5.56. The summed E-state index contributed by atoms with van der Waals surface area (Å²) in [5.41, 5.74) is 0.761. The molecule has 3 nitrogen and oxygen atoms in total. The van der Waals surface area contributed by atoms with Crippen molar-refractivity contribution in [3.8, 4) is 0 Å². The topological polar surface area (TPSA) is 42.2 Å². The van der Waals surface area contributed by atoms with E-state index < -0.39 is 5.54 Å². The molecule has 3 rings (SSSR count). The van der Waals surface area contributed by atoms with Crippen molar-refractivity contribution in [2.24, 2.45) is 0 Å². The summed E-state index contributed by atoms with van der Waals surface area (Å²) in [6.07, 6.45) is 3.93. The van der Waals surface area contributed by atoms with Gasteiger partial charge in [0.1, 0.15) is 11.3 Å². The van der Waals surface area contributed by atoms with Crippen LogP contribution in [0, 0.1) is 0 Å². The van der Waals surface area contributed by atoms with Crippen LogP contribution in [0.5, 0.6) is 0 Å². The molecular weight excluding hydrogens is 298 g/mol. The predicted octanol–water partition coefficient (Wildman–Crippen LogP) is 4.53. The van der Waals surface area contributed by atoms with Gasteiger partial charge in [0.2, 0.25) is 0 Å². The number of carbonyl (C=O) groups excluding carboxylic acids is 1. The molecule has 1 unspecified atom stereocenters. The van der Waals surface area contributed by atoms with Crippen molar-refractivity contribution in [1.82, 2.24) is 5.32 Å². The fraction of sp³-hybridized carbons (Fsp3) is 0.0952. The summed E-state index contributed by atoms with van der Waals surface area (Å²) in [7, 11) is 0. The van der Waals surface area contributed by atoms with E-state index in [1.165, 1.54) is 0 Å². The van der Waals surface area contributed by atoms with Gasteiger partial charge in [-0.25, -0.2) is 0 Å². The van der Waals surface area contributed by atoms with Gasteiger partial charge in [0.25, 0.3) is 5.91 Å². The van der Waals surface area contributed by atoms with Gasteiger partial charge in [-0.2, -0.15) is 0 Å². The van der Waals surface area contributed by atoms with Crippen molar-refractivity contribution in [2.75, 3.05) is 0 Å². The molecule has 1 aromatic heterocycles. The lowest BCUT2D eigenvalue weighted by atomic mass is 9.83. The summed E-state index contributed by atoms with van der Waals surface area (Å²) in [5.74, 6) is 0.524. The van der Waals surface area contributed by atoms with Crippen LogP contribution in [-0.4, -0.2) is 5.91 Å². The lowest BCUT2D eigenvalue weighted by Gasteiger charge is -2.33. The molecule has 1 amide bonds. The molecule has 3 aromatic rings. The fourth-order valence-corrected chi connectivity index (χ4v) is 2.86. The summed E-state index contributed by atoms with van der Waals surface area (Å²) in [6, 6.07) is 22.7. The SMILES string of the molecule is C=CCC(NC(=O)c1ccccc1)(c1ccccc1)c1ccco1. The molecule has 0 bridgehead atoms. The maximum atomic E-state index is 12.8. The first-order chi connectivity index (χ1) is 11.8. The smallest absolute Gasteiger partial charge is 0.252 e. The number of hydrogen-bond acceptors (Lipinski definition) is 2. The summed E-state index contributed by atoms with van der Waals surface area (Å²) in [4.78, 5) is 12.8. The van der Waals surface area contributed by atoms with Crippen LogP contribution in [-0.2, 0) is 5.54 Å². The van der Waals surface area contributed by atoms with E-state index in [1.807, 2.05) is 60.7 Å². The number of benzene rings is 2. The molecule has 3 heteroatoms. The van der Waals surface area contributed by atoms with Gasteiger partial charge in [-0.15, -0.1) is 6.58 Å². The maximum absolute atomic E-state index is 12.8. The Labute approximate surface area is 141 Å². The van der Waals surface area contributed by atoms with Gasteiger partial charge < -0.3 is 9.73 Å². The monoisotopic (exact) mass is 317 g/mol. The Hall–Kier alpha value is -3.07. The first-order valence-corrected chi connectivity index (χ1v) is 7.84. The van der Waals surface area contributed by atoms with E-state index in [-0.39, 0.29) is 5.91 Å². The Morgan fingerprint density at radius 3 is 2.25 bits per heavy atom. The molecule has 0 radical (unpaired) electrons. The molecule has 24 heavy (non-hydrogen) atoms. The second-order valence-electron chi connectivity index (χ2n) is 5.56. The number of nitrogens with one attached hydrogen (secondary N) is 1. The van der Waals surface area contributed by atoms with Gasteiger partial charge >= 0.3 is 0 Å². The Morgan fingerprint density at radius 1 is 1.00 bits per heavy atom. The van der Waals surface area contributed by atoms with Crippen molar-refractivity contribution in [3.63, 3.8) is 0 Å². The first-order valence-electron chi connectivity index (χ1n) is 7.84. The lowest BCUT2D eigenvalue weighted by molar-refractivity contribution is 0.0903. The highest BCUT2D eigenvalue weighted by molar-refractivity contribution is 5.95. The van der Waals surface area contributed by atoms with Crippen molar-refractivity contribution in [1.29, 1.82) is 0 Å². The largest absolute Gasteiger partial charge is 0.466 e. The number of amides is 1. The maximum Gasteiger partial charge on any atom is 0.252 e. The Kier molecular flexibility index (Phi) is 4.62. The van der Waals surface area contributed by atoms with Crippen molar-refractivity contribution in [2.45, 2.75) is 12.0 Å². The molecular formula is C21H19NO2. The zero-order valence-electron chi connectivity index (χ0n) is 13.3. The molecule has 0 aliphatic heterocycles. The third kappa shape index (κ3) is 3.01. The molecule has 1 atom stereocenters. The average molecular weight is 317 g/mol. The van der Waals surface area contributed by atoms with Crippen molar-refractivity contribution < 1.29 is 9.21 Å². The highest BCUT2D eigenvalue weighted by Crippen LogP contribution is 2.34. The fourth-order valence-electron chi connectivity index (χ4n) is 2.86. The van der Waals surface area contributed by atoms with E-state index in [2.05, 4.69) is 11.9 Å². The van der Waals surface area contributed by atoms with Gasteiger partial charge in [-0.05, 0) is 36.2 Å². The molecule has 1 heterocycles. The van der Waals surface area contributed by atoms with E-state index in [4.69, 9.17) is 4.42 Å². The third-order valence-electron chi connectivity index (χ3n) is 4.02. The Balaban J connectivity index is 2.08. The van der Waals surface area contributed by atoms with Crippen LogP contribution in [0.3, 0.4) is 0 Å². The minimum Gasteiger partial charge on any atom is -0.466 e. The molecule has 1 N–H and O–H groups in total. The minimum atomic E-state index is -0.792. The highest BCUT2D eigenvalue weighted by Gasteiger charge is 2.37. The Bertz CT molecular complexity index is 794. The molecule has 2 aromatic carbocycles. The van der Waals surface area contributed by atoms with Crippen molar-refractivity contribution in [3.05, 3.63) is 109 Å². The molecule has 0 saturated heterocycles. The number of carbonyl (C=O) groups is 1. The van der Waals surface area contributed by atoms with Crippen LogP contribution in [0.25, 0.3) is 0 Å². The predicted molar refractivity (Wildman–Crippen MR) is 94.7 cm³/mol. The summed E-state index contributed by atoms with van der Waals surface area (Å²) in [6.45, 7) is 3.87. The zero-order chi connectivity index (χ0) is 16.8. The molecule has 0 saturated carbocycles. The molecule has 0 spiro atoms. The Morgan fingerprint density at radius 2 is 1.67 bits per heavy atom. The quantitative estimate of drug-likeness (QED) is 0.679. The minimum absolute atomic E-state index is 0.155. The van der Waals surface area contributed by atoms with Crippen LogP contribution >= 0.6 is 0 Å². The normalized spacial score (nSPS) is 13.0. The second kappa shape index (κ2) is 7.01. The van der Waals surface area contributed by atoms with Crippen LogP contribution in [0.1, 0.15) is 28.1 Å². The van der Waals surface area contributed by atoms with Crippen LogP contribution < -0.4 is 5.32 Å². The lowest BCUT2D eigenvalue weighted by Crippen LogP contribution is -2.46. The van der Waals surface area contributed by atoms with E-state index in [0.717, 1.165) is 5.56 Å². The van der Waals surface area contributed by atoms with Crippen LogP contribution in [0.2, 0.25) is 0 Å². The third-order valence-corrected chi connectivity index (χ3v) is 4.02. The van der Waals surface area contributed by atoms with Crippen LogP contribution in [0.15, 0.2) is 96.1 Å². The molecule has 0 aliphatic carbocycles. The van der Waals surface area contributed by atoms with Gasteiger partial charge in [0.15, 0.2) is 0 Å². The summed E-state index contributed by atoms with van der Waals surface area (Å²) < 4.78 is 5.68.